The Hall–Kier alpha value is -1.71. The minimum Gasteiger partial charge on any atom is -0.497 e. The molecule has 94 valence electrons. The molecule has 4 heteroatoms. The van der Waals surface area contributed by atoms with Crippen molar-refractivity contribution >= 4 is 5.97 Å². The molecule has 1 atom stereocenters. The third kappa shape index (κ3) is 3.37. The Morgan fingerprint density at radius 1 is 1.35 bits per heavy atom. The van der Waals surface area contributed by atoms with Crippen molar-refractivity contribution in [2.24, 2.45) is 0 Å². The standard InChI is InChI=1S/C13H18O4/c1-5-9(2)17-12-8-10(15-3)6-7-11(12)13(14)16-4/h6-9H,5H2,1-4H3/t9-/m0/s1. The first-order valence-electron chi connectivity index (χ1n) is 5.55. The minimum atomic E-state index is -0.411. The second kappa shape index (κ2) is 6.13. The summed E-state index contributed by atoms with van der Waals surface area (Å²) in [6, 6.07) is 5.04. The summed E-state index contributed by atoms with van der Waals surface area (Å²) in [7, 11) is 2.92. The maximum atomic E-state index is 11.6. The fourth-order valence-corrected chi connectivity index (χ4v) is 1.31. The molecule has 0 aliphatic carbocycles. The summed E-state index contributed by atoms with van der Waals surface area (Å²) in [6.07, 6.45) is 0.892. The molecule has 0 amide bonds. The van der Waals surface area contributed by atoms with Gasteiger partial charge in [0, 0.05) is 6.07 Å². The van der Waals surface area contributed by atoms with E-state index in [0.29, 0.717) is 17.1 Å². The van der Waals surface area contributed by atoms with Crippen molar-refractivity contribution in [3.63, 3.8) is 0 Å². The molecule has 0 saturated carbocycles. The second-order valence-electron chi connectivity index (χ2n) is 3.69. The zero-order valence-electron chi connectivity index (χ0n) is 10.6. The van der Waals surface area contributed by atoms with Crippen molar-refractivity contribution in [3.05, 3.63) is 23.8 Å². The maximum Gasteiger partial charge on any atom is 0.341 e. The number of esters is 1. The fraction of sp³-hybridized carbons (Fsp3) is 0.462. The Balaban J connectivity index is 3.07. The Morgan fingerprint density at radius 3 is 2.59 bits per heavy atom. The van der Waals surface area contributed by atoms with E-state index in [4.69, 9.17) is 14.2 Å². The topological polar surface area (TPSA) is 44.8 Å². The third-order valence-electron chi connectivity index (χ3n) is 2.50. The molecule has 0 aromatic heterocycles. The third-order valence-corrected chi connectivity index (χ3v) is 2.50. The molecule has 1 aromatic carbocycles. The number of methoxy groups -OCH3 is 2. The first-order chi connectivity index (χ1) is 8.12. The van der Waals surface area contributed by atoms with Gasteiger partial charge < -0.3 is 14.2 Å². The van der Waals surface area contributed by atoms with Crippen LogP contribution < -0.4 is 9.47 Å². The first-order valence-corrected chi connectivity index (χ1v) is 5.55. The summed E-state index contributed by atoms with van der Waals surface area (Å²) in [4.78, 5) is 11.6. The van der Waals surface area contributed by atoms with Gasteiger partial charge in [-0.2, -0.15) is 0 Å². The number of hydrogen-bond donors (Lipinski definition) is 0. The lowest BCUT2D eigenvalue weighted by atomic mass is 10.2. The van der Waals surface area contributed by atoms with E-state index >= 15 is 0 Å². The highest BCUT2D eigenvalue weighted by molar-refractivity contribution is 5.92. The lowest BCUT2D eigenvalue weighted by molar-refractivity contribution is 0.0593. The molecular formula is C13H18O4. The quantitative estimate of drug-likeness (QED) is 0.740. The molecule has 1 rings (SSSR count). The first kappa shape index (κ1) is 13.4. The predicted molar refractivity (Wildman–Crippen MR) is 64.7 cm³/mol. The van der Waals surface area contributed by atoms with Crippen LogP contribution in [0.4, 0.5) is 0 Å². The van der Waals surface area contributed by atoms with E-state index in [9.17, 15) is 4.79 Å². The number of hydrogen-bond acceptors (Lipinski definition) is 4. The van der Waals surface area contributed by atoms with Crippen LogP contribution >= 0.6 is 0 Å². The molecule has 0 saturated heterocycles. The van der Waals surface area contributed by atoms with Gasteiger partial charge in [0.15, 0.2) is 0 Å². The molecular weight excluding hydrogens is 220 g/mol. The van der Waals surface area contributed by atoms with Gasteiger partial charge in [-0.15, -0.1) is 0 Å². The molecule has 0 unspecified atom stereocenters. The van der Waals surface area contributed by atoms with Crippen molar-refractivity contribution in [2.45, 2.75) is 26.4 Å². The van der Waals surface area contributed by atoms with Crippen LogP contribution in [0.1, 0.15) is 30.6 Å². The summed E-state index contributed by atoms with van der Waals surface area (Å²) >= 11 is 0. The van der Waals surface area contributed by atoms with Gasteiger partial charge in [-0.05, 0) is 25.5 Å². The van der Waals surface area contributed by atoms with E-state index in [-0.39, 0.29) is 6.10 Å². The molecule has 0 N–H and O–H groups in total. The molecule has 4 nitrogen and oxygen atoms in total. The number of carbonyl (C=O) groups excluding carboxylic acids is 1. The fourth-order valence-electron chi connectivity index (χ4n) is 1.31. The average molecular weight is 238 g/mol. The molecule has 17 heavy (non-hydrogen) atoms. The monoisotopic (exact) mass is 238 g/mol. The van der Waals surface area contributed by atoms with E-state index in [1.807, 2.05) is 13.8 Å². The van der Waals surface area contributed by atoms with E-state index in [1.54, 1.807) is 25.3 Å². The smallest absolute Gasteiger partial charge is 0.341 e. The Morgan fingerprint density at radius 2 is 2.06 bits per heavy atom. The molecule has 0 radical (unpaired) electrons. The van der Waals surface area contributed by atoms with Gasteiger partial charge in [-0.3, -0.25) is 0 Å². The molecule has 0 aliphatic rings. The zero-order valence-corrected chi connectivity index (χ0v) is 10.6. The van der Waals surface area contributed by atoms with Crippen LogP contribution in [-0.4, -0.2) is 26.3 Å². The number of ether oxygens (including phenoxy) is 3. The van der Waals surface area contributed by atoms with Crippen LogP contribution in [0, 0.1) is 0 Å². The largest absolute Gasteiger partial charge is 0.497 e. The van der Waals surface area contributed by atoms with Gasteiger partial charge in [0.1, 0.15) is 17.1 Å². The van der Waals surface area contributed by atoms with Crippen LogP contribution in [-0.2, 0) is 4.74 Å². The predicted octanol–water partition coefficient (Wildman–Crippen LogP) is 2.66. The highest BCUT2D eigenvalue weighted by Gasteiger charge is 2.15. The van der Waals surface area contributed by atoms with Crippen molar-refractivity contribution < 1.29 is 19.0 Å². The van der Waals surface area contributed by atoms with Crippen LogP contribution in [0.15, 0.2) is 18.2 Å². The molecule has 0 bridgehead atoms. The van der Waals surface area contributed by atoms with Gasteiger partial charge in [0.25, 0.3) is 0 Å². The van der Waals surface area contributed by atoms with Crippen LogP contribution in [0.2, 0.25) is 0 Å². The Bertz CT molecular complexity index is 387. The summed E-state index contributed by atoms with van der Waals surface area (Å²) in [5.41, 5.74) is 0.411. The Kier molecular flexibility index (Phi) is 4.82. The lowest BCUT2D eigenvalue weighted by Gasteiger charge is -2.16. The van der Waals surface area contributed by atoms with Crippen molar-refractivity contribution in [1.82, 2.24) is 0 Å². The van der Waals surface area contributed by atoms with Crippen molar-refractivity contribution in [1.29, 1.82) is 0 Å². The summed E-state index contributed by atoms with van der Waals surface area (Å²) in [5.74, 6) is 0.729. The van der Waals surface area contributed by atoms with E-state index in [0.717, 1.165) is 6.42 Å². The normalized spacial score (nSPS) is 11.8. The van der Waals surface area contributed by atoms with Gasteiger partial charge in [0.2, 0.25) is 0 Å². The second-order valence-corrected chi connectivity index (χ2v) is 3.69. The summed E-state index contributed by atoms with van der Waals surface area (Å²) in [6.45, 7) is 3.96. The molecule has 0 fully saturated rings. The van der Waals surface area contributed by atoms with Gasteiger partial charge >= 0.3 is 5.97 Å². The van der Waals surface area contributed by atoms with Crippen molar-refractivity contribution in [2.75, 3.05) is 14.2 Å². The van der Waals surface area contributed by atoms with E-state index < -0.39 is 5.97 Å². The SMILES string of the molecule is CC[C@H](C)Oc1cc(OC)ccc1C(=O)OC. The minimum absolute atomic E-state index is 0.0329. The van der Waals surface area contributed by atoms with Gasteiger partial charge in [-0.1, -0.05) is 6.92 Å². The zero-order chi connectivity index (χ0) is 12.8. The molecule has 0 spiro atoms. The molecule has 1 aromatic rings. The highest BCUT2D eigenvalue weighted by atomic mass is 16.5. The molecule has 0 heterocycles. The number of benzene rings is 1. The van der Waals surface area contributed by atoms with E-state index in [1.165, 1.54) is 7.11 Å². The molecule has 0 aliphatic heterocycles. The maximum absolute atomic E-state index is 11.6. The van der Waals surface area contributed by atoms with Gasteiger partial charge in [0.05, 0.1) is 20.3 Å². The van der Waals surface area contributed by atoms with Crippen molar-refractivity contribution in [3.8, 4) is 11.5 Å². The van der Waals surface area contributed by atoms with Crippen LogP contribution in [0.5, 0.6) is 11.5 Å². The Labute approximate surface area is 101 Å². The highest BCUT2D eigenvalue weighted by Crippen LogP contribution is 2.26. The number of carbonyl (C=O) groups is 1. The lowest BCUT2D eigenvalue weighted by Crippen LogP contribution is -2.13. The van der Waals surface area contributed by atoms with Crippen LogP contribution in [0.3, 0.4) is 0 Å². The summed E-state index contributed by atoms with van der Waals surface area (Å²) in [5, 5.41) is 0. The summed E-state index contributed by atoms with van der Waals surface area (Å²) < 4.78 is 15.5. The average Bonchev–Trinajstić information content (AvgIpc) is 2.37. The van der Waals surface area contributed by atoms with Crippen LogP contribution in [0.25, 0.3) is 0 Å². The van der Waals surface area contributed by atoms with E-state index in [2.05, 4.69) is 0 Å². The number of rotatable bonds is 5. The van der Waals surface area contributed by atoms with Gasteiger partial charge in [-0.25, -0.2) is 4.79 Å².